The minimum Gasteiger partial charge on any atom is -0.368 e. The summed E-state index contributed by atoms with van der Waals surface area (Å²) in [5, 5.41) is 14.5. The molecular weight excluding hydrogens is 414 g/mol. The number of fused-ring (bicyclic) bond motifs is 1. The topological polar surface area (TPSA) is 98.7 Å². The van der Waals surface area contributed by atoms with Crippen LogP contribution in [0.25, 0.3) is 6.08 Å². The molecule has 2 fully saturated rings. The summed E-state index contributed by atoms with van der Waals surface area (Å²) in [7, 11) is -3.15. The Morgan fingerprint density at radius 1 is 1.24 bits per heavy atom. The Morgan fingerprint density at radius 3 is 2.59 bits per heavy atom. The number of aliphatic hydroxyl groups excluding tert-OH is 1. The van der Waals surface area contributed by atoms with Gasteiger partial charge in [-0.3, -0.25) is 0 Å². The fraction of sp³-hybridized carbons (Fsp3) is 0.684. The number of piperidine rings is 1. The number of nitrogens with one attached hydrogen (secondary N) is 1. The number of rotatable bonds is 4. The second-order valence-corrected chi connectivity index (χ2v) is 10.8. The van der Waals surface area contributed by atoms with Gasteiger partial charge in [0.1, 0.15) is 5.82 Å². The molecule has 8 nitrogen and oxygen atoms in total. The van der Waals surface area contributed by atoms with Crippen molar-refractivity contribution < 1.29 is 13.5 Å². The normalized spacial score (nSPS) is 28.9. The van der Waals surface area contributed by atoms with Crippen LogP contribution in [0.15, 0.2) is 11.2 Å². The van der Waals surface area contributed by atoms with Crippen LogP contribution in [0.2, 0.25) is 0 Å². The number of aliphatic hydroxyl groups is 1. The van der Waals surface area contributed by atoms with Crippen LogP contribution in [-0.2, 0) is 10.0 Å². The van der Waals surface area contributed by atoms with Crippen molar-refractivity contribution in [3.05, 3.63) is 16.8 Å². The molecule has 1 unspecified atom stereocenters. The third-order valence-corrected chi connectivity index (χ3v) is 7.88. The maximum Gasteiger partial charge on any atom is 0.224 e. The Kier molecular flexibility index (Phi) is 5.76. The van der Waals surface area contributed by atoms with E-state index in [9.17, 15) is 13.5 Å². The average molecular weight is 442 g/mol. The van der Waals surface area contributed by atoms with Gasteiger partial charge in [-0.15, -0.1) is 0 Å². The van der Waals surface area contributed by atoms with Crippen molar-refractivity contribution >= 4 is 39.5 Å². The molecule has 160 valence electrons. The molecule has 0 spiro atoms. The first-order chi connectivity index (χ1) is 13.7. The van der Waals surface area contributed by atoms with Gasteiger partial charge in [0, 0.05) is 36.9 Å². The summed E-state index contributed by atoms with van der Waals surface area (Å²) in [6.07, 6.45) is 8.46. The van der Waals surface area contributed by atoms with Crippen LogP contribution in [-0.4, -0.2) is 65.5 Å². The molecule has 29 heavy (non-hydrogen) atoms. The largest absolute Gasteiger partial charge is 0.368 e. The van der Waals surface area contributed by atoms with E-state index in [1.807, 2.05) is 4.90 Å². The highest BCUT2D eigenvalue weighted by Crippen LogP contribution is 2.40. The molecule has 0 amide bonds. The lowest BCUT2D eigenvalue weighted by Crippen LogP contribution is -2.47. The zero-order valence-electron chi connectivity index (χ0n) is 16.8. The number of hydrogen-bond acceptors (Lipinski definition) is 7. The molecule has 1 aromatic heterocycles. The molecular formula is C19H28ClN5O3S. The maximum absolute atomic E-state index is 11.7. The van der Waals surface area contributed by atoms with Crippen molar-refractivity contribution in [1.29, 1.82) is 0 Å². The van der Waals surface area contributed by atoms with E-state index in [4.69, 9.17) is 16.6 Å². The maximum atomic E-state index is 11.7. The Morgan fingerprint density at radius 2 is 1.97 bits per heavy atom. The highest BCUT2D eigenvalue weighted by atomic mass is 35.5. The third kappa shape index (κ3) is 4.23. The van der Waals surface area contributed by atoms with Gasteiger partial charge in [0.15, 0.2) is 6.23 Å². The van der Waals surface area contributed by atoms with Gasteiger partial charge in [-0.2, -0.15) is 4.98 Å². The summed E-state index contributed by atoms with van der Waals surface area (Å²) >= 11 is 6.31. The van der Waals surface area contributed by atoms with E-state index < -0.39 is 16.3 Å². The highest BCUT2D eigenvalue weighted by molar-refractivity contribution is 7.88. The van der Waals surface area contributed by atoms with Crippen molar-refractivity contribution in [2.24, 2.45) is 5.92 Å². The van der Waals surface area contributed by atoms with Crippen molar-refractivity contribution in [2.45, 2.75) is 57.3 Å². The SMILES string of the molecule is C[C@H]1CCC[C@H]1N1c2nc(NC3CCN(S(C)(=O)=O)CC3)ncc2C=C(Cl)C1O. The van der Waals surface area contributed by atoms with Crippen molar-refractivity contribution in [2.75, 3.05) is 29.6 Å². The van der Waals surface area contributed by atoms with Gasteiger partial charge >= 0.3 is 0 Å². The van der Waals surface area contributed by atoms with Crippen molar-refractivity contribution in [1.82, 2.24) is 14.3 Å². The molecule has 1 aliphatic carbocycles. The molecule has 0 aromatic carbocycles. The molecule has 2 aliphatic heterocycles. The smallest absolute Gasteiger partial charge is 0.224 e. The van der Waals surface area contributed by atoms with Gasteiger partial charge in [0.25, 0.3) is 0 Å². The predicted molar refractivity (Wildman–Crippen MR) is 114 cm³/mol. The number of hydrogen-bond donors (Lipinski definition) is 2. The van der Waals surface area contributed by atoms with Crippen LogP contribution in [0.4, 0.5) is 11.8 Å². The first kappa shape index (κ1) is 20.8. The number of sulfonamides is 1. The molecule has 3 atom stereocenters. The number of halogens is 1. The molecule has 1 saturated carbocycles. The lowest BCUT2D eigenvalue weighted by Gasteiger charge is -2.39. The molecule has 0 bridgehead atoms. The Labute approximate surface area is 177 Å². The Bertz CT molecular complexity index is 901. The zero-order chi connectivity index (χ0) is 20.8. The summed E-state index contributed by atoms with van der Waals surface area (Å²) in [6.45, 7) is 3.18. The molecule has 1 aromatic rings. The van der Waals surface area contributed by atoms with Crippen LogP contribution in [0.5, 0.6) is 0 Å². The second-order valence-electron chi connectivity index (χ2n) is 8.34. The van der Waals surface area contributed by atoms with Crippen LogP contribution in [0, 0.1) is 5.92 Å². The van der Waals surface area contributed by atoms with E-state index >= 15 is 0 Å². The molecule has 0 radical (unpaired) electrons. The second kappa shape index (κ2) is 8.02. The Hall–Kier alpha value is -1.42. The lowest BCUT2D eigenvalue weighted by atomic mass is 10.0. The first-order valence-corrected chi connectivity index (χ1v) is 12.4. The van der Waals surface area contributed by atoms with E-state index in [0.717, 1.165) is 24.8 Å². The van der Waals surface area contributed by atoms with Gasteiger partial charge in [0.05, 0.1) is 11.3 Å². The number of aromatic nitrogens is 2. The molecule has 3 aliphatic rings. The molecule has 2 N–H and O–H groups in total. The number of nitrogens with zero attached hydrogens (tertiary/aromatic N) is 4. The number of anilines is 2. The predicted octanol–water partition coefficient (Wildman–Crippen LogP) is 2.22. The monoisotopic (exact) mass is 441 g/mol. The highest BCUT2D eigenvalue weighted by Gasteiger charge is 2.38. The summed E-state index contributed by atoms with van der Waals surface area (Å²) in [5.41, 5.74) is 0.803. The molecule has 10 heteroatoms. The van der Waals surface area contributed by atoms with E-state index in [2.05, 4.69) is 17.2 Å². The first-order valence-electron chi connectivity index (χ1n) is 10.2. The fourth-order valence-corrected chi connectivity index (χ4v) is 5.72. The van der Waals surface area contributed by atoms with Gasteiger partial charge in [0.2, 0.25) is 16.0 Å². The van der Waals surface area contributed by atoms with Crippen LogP contribution in [0.3, 0.4) is 0 Å². The van der Waals surface area contributed by atoms with E-state index in [1.54, 1.807) is 12.3 Å². The average Bonchev–Trinajstić information content (AvgIpc) is 3.08. The lowest BCUT2D eigenvalue weighted by molar-refractivity contribution is 0.190. The van der Waals surface area contributed by atoms with Crippen molar-refractivity contribution in [3.63, 3.8) is 0 Å². The van der Waals surface area contributed by atoms with Crippen LogP contribution >= 0.6 is 11.6 Å². The standard InChI is InChI=1S/C19H28ClN5O3S/c1-12-4-3-5-16(12)25-17-13(10-15(20)18(25)26)11-21-19(23-17)22-14-6-8-24(9-7-14)29(2,27)28/h10-12,14,16,18,26H,3-9H2,1-2H3,(H,21,22,23)/t12-,16+,18?/m0/s1. The molecule has 4 rings (SSSR count). The minimum atomic E-state index is -3.15. The summed E-state index contributed by atoms with van der Waals surface area (Å²) in [4.78, 5) is 11.1. The van der Waals surface area contributed by atoms with Gasteiger partial charge in [-0.1, -0.05) is 24.9 Å². The minimum absolute atomic E-state index is 0.109. The summed E-state index contributed by atoms with van der Waals surface area (Å²) < 4.78 is 24.9. The van der Waals surface area contributed by atoms with Crippen molar-refractivity contribution in [3.8, 4) is 0 Å². The quantitative estimate of drug-likeness (QED) is 0.739. The fourth-order valence-electron chi connectivity index (χ4n) is 4.62. The summed E-state index contributed by atoms with van der Waals surface area (Å²) in [6, 6.07) is 0.296. The van der Waals surface area contributed by atoms with Gasteiger partial charge in [-0.25, -0.2) is 17.7 Å². The van der Waals surface area contributed by atoms with E-state index in [0.29, 0.717) is 48.6 Å². The molecule has 3 heterocycles. The van der Waals surface area contributed by atoms with Gasteiger partial charge in [-0.05, 0) is 37.7 Å². The van der Waals surface area contributed by atoms with E-state index in [1.165, 1.54) is 10.6 Å². The third-order valence-electron chi connectivity index (χ3n) is 6.27. The van der Waals surface area contributed by atoms with E-state index in [-0.39, 0.29) is 12.1 Å². The zero-order valence-corrected chi connectivity index (χ0v) is 18.3. The van der Waals surface area contributed by atoms with Crippen LogP contribution < -0.4 is 10.2 Å². The summed E-state index contributed by atoms with van der Waals surface area (Å²) in [5.74, 6) is 1.65. The van der Waals surface area contributed by atoms with Gasteiger partial charge < -0.3 is 15.3 Å². The Balaban J connectivity index is 1.54. The molecule has 1 saturated heterocycles. The van der Waals surface area contributed by atoms with Crippen LogP contribution in [0.1, 0.15) is 44.6 Å².